The molecule has 0 aromatic rings. The number of rotatable bonds is 4. The van der Waals surface area contributed by atoms with Crippen molar-refractivity contribution in [1.29, 1.82) is 0 Å². The Morgan fingerprint density at radius 2 is 1.15 bits per heavy atom. The van der Waals surface area contributed by atoms with Crippen LogP contribution in [0.4, 0.5) is 0 Å². The van der Waals surface area contributed by atoms with Crippen molar-refractivity contribution in [1.82, 2.24) is 0 Å². The minimum Gasteiger partial charge on any atom is -0.224 e. The van der Waals surface area contributed by atoms with E-state index in [4.69, 9.17) is 0 Å². The van der Waals surface area contributed by atoms with Crippen LogP contribution in [0.1, 0.15) is 26.7 Å². The molecule has 0 unspecified atom stereocenters. The molecule has 0 atom stereocenters. The molecule has 0 aromatic heterocycles. The molecule has 0 saturated heterocycles. The van der Waals surface area contributed by atoms with Crippen LogP contribution in [0.25, 0.3) is 0 Å². The number of alkyl halides is 4. The van der Waals surface area contributed by atoms with Crippen LogP contribution in [0.15, 0.2) is 0 Å². The Morgan fingerprint density at radius 3 is 1.31 bits per heavy atom. The zero-order valence-electron chi connectivity index (χ0n) is 7.15. The quantitative estimate of drug-likeness (QED) is 0.336. The van der Waals surface area contributed by atoms with Crippen LogP contribution in [-0.2, 0) is 9.84 Å². The molecule has 0 aromatic carbocycles. The fourth-order valence-corrected chi connectivity index (χ4v) is 11.4. The fourth-order valence-electron chi connectivity index (χ4n) is 0.599. The van der Waals surface area contributed by atoms with E-state index < -0.39 is 11.4 Å². The van der Waals surface area contributed by atoms with Crippen molar-refractivity contribution in [3.63, 3.8) is 0 Å². The molecule has 0 heterocycles. The fraction of sp³-hybridized carbons (Fsp3) is 1.00. The first-order chi connectivity index (χ1) is 5.62. The smallest absolute Gasteiger partial charge is 0.198 e. The summed E-state index contributed by atoms with van der Waals surface area (Å²) in [7, 11) is -3.09. The lowest BCUT2D eigenvalue weighted by Crippen LogP contribution is -2.36. The highest BCUT2D eigenvalue weighted by Gasteiger charge is 2.49. The van der Waals surface area contributed by atoms with Crippen molar-refractivity contribution in [2.24, 2.45) is 0 Å². The summed E-state index contributed by atoms with van der Waals surface area (Å²) < 4.78 is 22.9. The summed E-state index contributed by atoms with van der Waals surface area (Å²) in [6, 6.07) is 0. The zero-order chi connectivity index (χ0) is 10.9. The molecule has 0 aliphatic heterocycles. The molecule has 0 amide bonds. The number of hydrogen-bond donors (Lipinski definition) is 0. The molecule has 0 bridgehead atoms. The van der Waals surface area contributed by atoms with E-state index in [1.54, 1.807) is 0 Å². The lowest BCUT2D eigenvalue weighted by Gasteiger charge is -2.28. The van der Waals surface area contributed by atoms with Gasteiger partial charge in [-0.2, -0.15) is 0 Å². The Morgan fingerprint density at radius 1 is 0.923 bits per heavy atom. The van der Waals surface area contributed by atoms with Crippen LogP contribution in [-0.4, -0.2) is 9.94 Å². The molecule has 0 rings (SSSR count). The van der Waals surface area contributed by atoms with Crippen molar-refractivity contribution in [2.75, 3.05) is 0 Å². The van der Waals surface area contributed by atoms with Crippen molar-refractivity contribution < 1.29 is 8.42 Å². The van der Waals surface area contributed by atoms with E-state index in [1.807, 2.05) is 104 Å². The van der Waals surface area contributed by atoms with Gasteiger partial charge in [0.1, 0.15) is 0 Å². The zero-order valence-corrected chi connectivity index (χ0v) is 16.6. The van der Waals surface area contributed by atoms with Gasteiger partial charge in [-0.1, -0.05) is 13.8 Å². The van der Waals surface area contributed by atoms with Crippen LogP contribution in [0.3, 0.4) is 0 Å². The molecule has 0 spiro atoms. The molecule has 80 valence electrons. The lowest BCUT2D eigenvalue weighted by molar-refractivity contribution is 0.587. The molecular weight excluding hydrogens is 644 g/mol. The summed E-state index contributed by atoms with van der Waals surface area (Å²) in [6.07, 6.45) is 1.26. The largest absolute Gasteiger partial charge is 0.224 e. The minimum absolute atomic E-state index is 0.629. The summed E-state index contributed by atoms with van der Waals surface area (Å²) >= 11 is 8.08. The Hall–Kier alpha value is 2.87. The van der Waals surface area contributed by atoms with E-state index in [0.29, 0.717) is 12.8 Å². The van der Waals surface area contributed by atoms with Crippen LogP contribution in [0, 0.1) is 0 Å². The Labute approximate surface area is 134 Å². The molecule has 0 fully saturated rings. The first kappa shape index (κ1) is 15.9. The molecule has 0 aliphatic rings. The highest BCUT2D eigenvalue weighted by molar-refractivity contribution is 14.2. The van der Waals surface area contributed by atoms with Gasteiger partial charge < -0.3 is 0 Å². The van der Waals surface area contributed by atoms with Crippen molar-refractivity contribution in [3.8, 4) is 0 Å². The predicted octanol–water partition coefficient (Wildman–Crippen LogP) is 4.27. The molecule has 13 heavy (non-hydrogen) atoms. The second-order valence-electron chi connectivity index (χ2n) is 2.49. The molecule has 0 saturated carbocycles. The maximum absolute atomic E-state index is 12.1. The van der Waals surface area contributed by atoms with Gasteiger partial charge in [0.2, 0.25) is 0 Å². The molecule has 7 heteroatoms. The first-order valence-corrected chi connectivity index (χ1v) is 9.42. The standard InChI is InChI=1S/C6H10I4O2S/c1-3-5(7,8)13(11,12)6(9,10)4-2/h3-4H2,1-2H3. The van der Waals surface area contributed by atoms with Crippen molar-refractivity contribution >= 4 is 100 Å². The molecule has 0 N–H and O–H groups in total. The Kier molecular flexibility index (Phi) is 6.68. The maximum Gasteiger partial charge on any atom is 0.198 e. The summed E-state index contributed by atoms with van der Waals surface area (Å²) in [5, 5.41) is 0. The van der Waals surface area contributed by atoms with Gasteiger partial charge in [-0.25, -0.2) is 8.42 Å². The summed E-state index contributed by atoms with van der Waals surface area (Å²) in [4.78, 5) is 0. The van der Waals surface area contributed by atoms with Gasteiger partial charge in [-0.05, 0) is 103 Å². The third-order valence-corrected chi connectivity index (χ3v) is 13.8. The summed E-state index contributed by atoms with van der Waals surface area (Å²) in [6.45, 7) is 3.80. The maximum atomic E-state index is 12.1. The molecule has 2 nitrogen and oxygen atoms in total. The van der Waals surface area contributed by atoms with Gasteiger partial charge in [0, 0.05) is 0 Å². The van der Waals surface area contributed by atoms with E-state index >= 15 is 0 Å². The van der Waals surface area contributed by atoms with E-state index in [1.165, 1.54) is 0 Å². The highest BCUT2D eigenvalue weighted by Crippen LogP contribution is 2.50. The lowest BCUT2D eigenvalue weighted by atomic mass is 10.6. The first-order valence-electron chi connectivity index (χ1n) is 3.62. The number of hydrogen-bond acceptors (Lipinski definition) is 2. The second kappa shape index (κ2) is 5.47. The predicted molar refractivity (Wildman–Crippen MR) is 91.0 cm³/mol. The van der Waals surface area contributed by atoms with Gasteiger partial charge in [0.25, 0.3) is 0 Å². The minimum atomic E-state index is -3.09. The van der Waals surface area contributed by atoms with Crippen molar-refractivity contribution in [2.45, 2.75) is 28.2 Å². The average molecular weight is 654 g/mol. The van der Waals surface area contributed by atoms with Crippen LogP contribution < -0.4 is 0 Å². The third kappa shape index (κ3) is 3.41. The van der Waals surface area contributed by atoms with Gasteiger partial charge in [-0.15, -0.1) is 0 Å². The van der Waals surface area contributed by atoms with Gasteiger partial charge >= 0.3 is 0 Å². The van der Waals surface area contributed by atoms with Crippen LogP contribution >= 0.6 is 90.4 Å². The molecule has 0 radical (unpaired) electrons. The Balaban J connectivity index is 5.23. The van der Waals surface area contributed by atoms with E-state index in [-0.39, 0.29) is 0 Å². The van der Waals surface area contributed by atoms with Gasteiger partial charge in [0.15, 0.2) is 11.4 Å². The molecule has 0 aliphatic carbocycles. The average Bonchev–Trinajstić information content (AvgIpc) is 2.03. The van der Waals surface area contributed by atoms with E-state index in [2.05, 4.69) is 0 Å². The van der Waals surface area contributed by atoms with Crippen molar-refractivity contribution in [3.05, 3.63) is 0 Å². The van der Waals surface area contributed by atoms with E-state index in [0.717, 1.165) is 0 Å². The monoisotopic (exact) mass is 654 g/mol. The second-order valence-corrected chi connectivity index (χ2v) is 19.3. The van der Waals surface area contributed by atoms with E-state index in [9.17, 15) is 8.42 Å². The topological polar surface area (TPSA) is 34.1 Å². The SMILES string of the molecule is CCC(I)(I)S(=O)(=O)C(I)(I)CC. The van der Waals surface area contributed by atoms with Crippen LogP contribution in [0.2, 0.25) is 0 Å². The summed E-state index contributed by atoms with van der Waals surface area (Å²) in [5.41, 5.74) is 0. The normalized spacial score (nSPS) is 14.6. The van der Waals surface area contributed by atoms with Gasteiger partial charge in [0.05, 0.1) is 0 Å². The van der Waals surface area contributed by atoms with Gasteiger partial charge in [-0.3, -0.25) is 0 Å². The number of sulfone groups is 1. The third-order valence-electron chi connectivity index (χ3n) is 1.61. The Bertz CT molecular complexity index is 248. The number of halogens is 4. The molecular formula is C6H10I4O2S. The summed E-state index contributed by atoms with van der Waals surface area (Å²) in [5.74, 6) is 0. The van der Waals surface area contributed by atoms with Crippen LogP contribution in [0.5, 0.6) is 0 Å². The highest BCUT2D eigenvalue weighted by atomic mass is 127.